The van der Waals surface area contributed by atoms with E-state index in [1.165, 1.54) is 28.5 Å². The van der Waals surface area contributed by atoms with Crippen LogP contribution < -0.4 is 59.3 Å². The van der Waals surface area contributed by atoms with Crippen LogP contribution in [0.1, 0.15) is 84.1 Å². The molecule has 1 aromatic rings. The molecule has 0 radical (unpaired) electrons. The predicted molar refractivity (Wildman–Crippen MR) is 311 cm³/mol. The van der Waals surface area contributed by atoms with Gasteiger partial charge in [0.15, 0.2) is 0 Å². The standard InChI is InChI=1S/C52H83N13O14S3/c1-29(2)22-34(46(72)62-37(27-80)48(74)60-35(23-31-12-6-5-7-13-31)44(70)56-24-41(67)55-25-42(68)57-33(52(78)79)14-8-9-18-53)59-47(73)36(26-66)61-49(75)39-15-10-19-64(39)51(77)40-16-11-20-65(40)50(76)38(28-81)63-45(71)32(17-21-82-4)58-43(69)30(3)54/h5-7,12-13,29-30,32-40,66,80-81H,8-11,14-28,53-54H2,1-4H3,(H,55,67)(H,56,70)(H,57,68)(H,58,69)(H,59,73)(H,60,74)(H,61,75)(H,62,72)(H,63,71)(H,78,79)/t30-,32-,33-,34-,35-,36-,37-,38-,39-,40-/m0/s1. The van der Waals surface area contributed by atoms with E-state index in [1.807, 2.05) is 6.26 Å². The van der Waals surface area contributed by atoms with Crippen molar-refractivity contribution in [2.24, 2.45) is 17.4 Å². The fourth-order valence-corrected chi connectivity index (χ4v) is 9.99. The van der Waals surface area contributed by atoms with E-state index in [9.17, 15) is 67.7 Å². The highest BCUT2D eigenvalue weighted by Crippen LogP contribution is 2.26. The number of carboxylic acids is 1. The molecule has 0 aliphatic carbocycles. The Bertz CT molecular complexity index is 2360. The Hall–Kier alpha value is -6.21. The van der Waals surface area contributed by atoms with E-state index in [0.29, 0.717) is 43.5 Å². The molecule has 0 unspecified atom stereocenters. The number of benzene rings is 1. The van der Waals surface area contributed by atoms with Crippen LogP contribution >= 0.6 is 37.0 Å². The summed E-state index contributed by atoms with van der Waals surface area (Å²) in [7, 11) is 0. The topological polar surface area (TPSA) is 412 Å². The summed E-state index contributed by atoms with van der Waals surface area (Å²) in [5, 5.41) is 42.4. The number of hydrogen-bond acceptors (Lipinski definition) is 18. The van der Waals surface area contributed by atoms with Gasteiger partial charge < -0.3 is 79.3 Å². The first-order valence-corrected chi connectivity index (χ1v) is 30.0. The largest absolute Gasteiger partial charge is 0.480 e. The van der Waals surface area contributed by atoms with Gasteiger partial charge in [-0.15, -0.1) is 0 Å². The van der Waals surface area contributed by atoms with Gasteiger partial charge in [0.25, 0.3) is 0 Å². The summed E-state index contributed by atoms with van der Waals surface area (Å²) >= 11 is 10.0. The summed E-state index contributed by atoms with van der Waals surface area (Å²) in [6.07, 6.45) is 4.45. The van der Waals surface area contributed by atoms with E-state index in [1.54, 1.807) is 44.2 Å². The van der Waals surface area contributed by atoms with Gasteiger partial charge in [0.05, 0.1) is 25.7 Å². The van der Waals surface area contributed by atoms with Crippen LogP contribution in [0.5, 0.6) is 0 Å². The van der Waals surface area contributed by atoms with Crippen LogP contribution in [0.2, 0.25) is 0 Å². The number of unbranched alkanes of at least 4 members (excludes halogenated alkanes) is 1. The maximum atomic E-state index is 14.2. The minimum absolute atomic E-state index is 0.0181. The number of carbonyl (C=O) groups excluding carboxylic acids is 11. The van der Waals surface area contributed by atoms with Crippen molar-refractivity contribution in [2.75, 3.05) is 62.8 Å². The number of aliphatic hydroxyl groups is 1. The second-order valence-corrected chi connectivity index (χ2v) is 22.1. The van der Waals surface area contributed by atoms with Crippen LogP contribution in [-0.4, -0.2) is 214 Å². The molecule has 2 fully saturated rings. The molecule has 30 heteroatoms. The van der Waals surface area contributed by atoms with Crippen molar-refractivity contribution in [1.29, 1.82) is 0 Å². The third kappa shape index (κ3) is 22.9. The van der Waals surface area contributed by atoms with Crippen LogP contribution in [-0.2, 0) is 64.0 Å². The Balaban J connectivity index is 1.67. The van der Waals surface area contributed by atoms with Gasteiger partial charge in [0, 0.05) is 31.0 Å². The smallest absolute Gasteiger partial charge is 0.326 e. The lowest BCUT2D eigenvalue weighted by Crippen LogP contribution is -2.61. The van der Waals surface area contributed by atoms with E-state index in [2.05, 4.69) is 73.1 Å². The zero-order valence-corrected chi connectivity index (χ0v) is 49.4. The Kier molecular flexibility index (Phi) is 31.1. The van der Waals surface area contributed by atoms with Crippen molar-refractivity contribution in [3.63, 3.8) is 0 Å². The molecule has 0 bridgehead atoms. The van der Waals surface area contributed by atoms with Crippen LogP contribution in [0.3, 0.4) is 0 Å². The third-order valence-electron chi connectivity index (χ3n) is 13.5. The summed E-state index contributed by atoms with van der Waals surface area (Å²) in [5.74, 6) is -9.52. The molecule has 2 aliphatic heterocycles. The van der Waals surface area contributed by atoms with E-state index >= 15 is 0 Å². The minimum atomic E-state index is -1.62. The number of thioether (sulfide) groups is 1. The van der Waals surface area contributed by atoms with Gasteiger partial charge in [-0.2, -0.15) is 37.0 Å². The average molecular weight is 1210 g/mol. The van der Waals surface area contributed by atoms with Gasteiger partial charge in [-0.3, -0.25) is 52.7 Å². The van der Waals surface area contributed by atoms with Gasteiger partial charge in [0.2, 0.25) is 65.0 Å². The van der Waals surface area contributed by atoms with Crippen molar-refractivity contribution >= 4 is 108 Å². The number of rotatable bonds is 35. The summed E-state index contributed by atoms with van der Waals surface area (Å²) in [5.41, 5.74) is 11.8. The zero-order chi connectivity index (χ0) is 61.1. The number of carbonyl (C=O) groups is 12. The average Bonchev–Trinajstić information content (AvgIpc) is 4.18. The van der Waals surface area contributed by atoms with Gasteiger partial charge in [0.1, 0.15) is 54.4 Å². The maximum Gasteiger partial charge on any atom is 0.326 e. The number of amides is 11. The molecule has 27 nitrogen and oxygen atoms in total. The Morgan fingerprint density at radius 1 is 0.634 bits per heavy atom. The normalized spacial score (nSPS) is 17.8. The van der Waals surface area contributed by atoms with E-state index in [4.69, 9.17) is 11.5 Å². The number of nitrogens with zero attached hydrogens (tertiary/aromatic N) is 2. The summed E-state index contributed by atoms with van der Waals surface area (Å²) in [6, 6.07) is -3.47. The SMILES string of the molecule is CSCC[C@H](NC(=O)[C@H](C)N)C(=O)N[C@@H](CS)C(=O)N1CCC[C@H]1C(=O)N1CCC[C@H]1C(=O)N[C@@H](CO)C(=O)N[C@@H](CC(C)C)C(=O)N[C@@H](CS)C(=O)N[C@@H](Cc1ccccc1)C(=O)NCC(=O)NCC(=O)N[C@@H](CCCCN)C(=O)O. The molecule has 458 valence electrons. The summed E-state index contributed by atoms with van der Waals surface area (Å²) in [4.78, 5) is 162. The fourth-order valence-electron chi connectivity index (χ4n) is 9.01. The summed E-state index contributed by atoms with van der Waals surface area (Å²) < 4.78 is 0. The molecule has 3 rings (SSSR count). The lowest BCUT2D eigenvalue weighted by Gasteiger charge is -2.33. The van der Waals surface area contributed by atoms with Crippen molar-refractivity contribution < 1.29 is 67.7 Å². The highest BCUT2D eigenvalue weighted by atomic mass is 32.2. The zero-order valence-electron chi connectivity index (χ0n) is 46.8. The van der Waals surface area contributed by atoms with Gasteiger partial charge in [-0.05, 0) is 94.7 Å². The molecule has 0 spiro atoms. The number of likely N-dealkylation sites (tertiary alicyclic amines) is 2. The molecule has 2 heterocycles. The Morgan fingerprint density at radius 3 is 1.79 bits per heavy atom. The van der Waals surface area contributed by atoms with Crippen LogP contribution in [0.4, 0.5) is 0 Å². The number of aliphatic carboxylic acids is 1. The number of aliphatic hydroxyl groups excluding tert-OH is 1. The second kappa shape index (κ2) is 36.4. The first-order valence-electron chi connectivity index (χ1n) is 27.3. The lowest BCUT2D eigenvalue weighted by molar-refractivity contribution is -0.148. The first-order chi connectivity index (χ1) is 39.0. The Labute approximate surface area is 492 Å². The molecule has 2 aliphatic rings. The van der Waals surface area contributed by atoms with Crippen LogP contribution in [0.25, 0.3) is 0 Å². The fraction of sp³-hybridized carbons (Fsp3) is 0.654. The first kappa shape index (κ1) is 70.1. The molecule has 1 aromatic carbocycles. The highest BCUT2D eigenvalue weighted by molar-refractivity contribution is 7.98. The van der Waals surface area contributed by atoms with Crippen LogP contribution in [0, 0.1) is 5.92 Å². The Morgan fingerprint density at radius 2 is 1.20 bits per heavy atom. The summed E-state index contributed by atoms with van der Waals surface area (Å²) in [6.45, 7) is 3.51. The number of carboxylic acid groups (broad SMARTS) is 1. The van der Waals surface area contributed by atoms with Crippen molar-refractivity contribution in [1.82, 2.24) is 57.7 Å². The second-order valence-electron chi connectivity index (χ2n) is 20.4. The van der Waals surface area contributed by atoms with Crippen molar-refractivity contribution in [3.8, 4) is 0 Å². The predicted octanol–water partition coefficient (Wildman–Crippen LogP) is -3.95. The number of hydrogen-bond donors (Lipinski definition) is 15. The molecule has 15 N–H and O–H groups in total. The van der Waals surface area contributed by atoms with E-state index < -0.39 is 151 Å². The van der Waals surface area contributed by atoms with Gasteiger partial charge in [-0.25, -0.2) is 4.79 Å². The maximum absolute atomic E-state index is 14.2. The molecule has 11 amide bonds. The van der Waals surface area contributed by atoms with Crippen molar-refractivity contribution in [3.05, 3.63) is 35.9 Å². The van der Waals surface area contributed by atoms with E-state index in [0.717, 1.165) is 0 Å². The number of thiol groups is 2. The van der Waals surface area contributed by atoms with Crippen molar-refractivity contribution in [2.45, 2.75) is 145 Å². The molecule has 82 heavy (non-hydrogen) atoms. The third-order valence-corrected chi connectivity index (χ3v) is 14.8. The number of nitrogens with two attached hydrogens (primary N) is 2. The molecule has 0 aromatic heterocycles. The molecule has 10 atom stereocenters. The molecule has 0 saturated carbocycles. The number of nitrogens with one attached hydrogen (secondary N) is 9. The minimum Gasteiger partial charge on any atom is -0.480 e. The monoisotopic (exact) mass is 1210 g/mol. The lowest BCUT2D eigenvalue weighted by atomic mass is 10.0. The van der Waals surface area contributed by atoms with Crippen LogP contribution in [0.15, 0.2) is 30.3 Å². The quantitative estimate of drug-likeness (QED) is 0.0228. The van der Waals surface area contributed by atoms with Gasteiger partial charge in [-0.1, -0.05) is 44.2 Å². The van der Waals surface area contributed by atoms with Gasteiger partial charge >= 0.3 is 5.97 Å². The molecular formula is C52H83N13O14S3. The van der Waals surface area contributed by atoms with E-state index in [-0.39, 0.29) is 69.0 Å². The molecule has 2 saturated heterocycles. The molecular weight excluding hydrogens is 1130 g/mol. The highest BCUT2D eigenvalue weighted by Gasteiger charge is 2.44.